The van der Waals surface area contributed by atoms with Crippen molar-refractivity contribution in [3.8, 4) is 5.75 Å². The largest absolute Gasteiger partial charge is 0.482 e. The number of para-hydroxylation sites is 1. The molecule has 0 heterocycles. The Morgan fingerprint density at radius 3 is 2.70 bits per heavy atom. The highest BCUT2D eigenvalue weighted by atomic mass is 35.5. The van der Waals surface area contributed by atoms with E-state index in [0.29, 0.717) is 17.3 Å². The van der Waals surface area contributed by atoms with Crippen LogP contribution in [0.5, 0.6) is 5.75 Å². The van der Waals surface area contributed by atoms with Crippen LogP contribution in [-0.2, 0) is 9.59 Å². The van der Waals surface area contributed by atoms with Gasteiger partial charge in [-0.3, -0.25) is 9.59 Å². The van der Waals surface area contributed by atoms with E-state index in [1.54, 1.807) is 31.2 Å². The Labute approximate surface area is 123 Å². The number of rotatable bonds is 7. The van der Waals surface area contributed by atoms with Crippen LogP contribution in [0.1, 0.15) is 20.3 Å². The molecule has 0 aromatic heterocycles. The molecule has 110 valence electrons. The van der Waals surface area contributed by atoms with Gasteiger partial charge in [0.2, 0.25) is 5.91 Å². The van der Waals surface area contributed by atoms with E-state index < -0.39 is 6.04 Å². The predicted octanol–water partition coefficient (Wildman–Crippen LogP) is 1.75. The molecule has 1 atom stereocenters. The highest BCUT2D eigenvalue weighted by molar-refractivity contribution is 6.32. The maximum Gasteiger partial charge on any atom is 0.258 e. The van der Waals surface area contributed by atoms with Crippen molar-refractivity contribution in [1.29, 1.82) is 0 Å². The molecule has 0 saturated carbocycles. The molecule has 0 saturated heterocycles. The maximum atomic E-state index is 11.7. The summed E-state index contributed by atoms with van der Waals surface area (Å²) in [5, 5.41) is 5.70. The normalized spacial score (nSPS) is 11.6. The summed E-state index contributed by atoms with van der Waals surface area (Å²) in [6.45, 7) is 3.99. The molecule has 0 spiro atoms. The van der Waals surface area contributed by atoms with Crippen molar-refractivity contribution in [2.45, 2.75) is 26.3 Å². The second-order valence-electron chi connectivity index (χ2n) is 4.30. The van der Waals surface area contributed by atoms with Gasteiger partial charge in [0.1, 0.15) is 11.8 Å². The van der Waals surface area contributed by atoms with Gasteiger partial charge in [-0.2, -0.15) is 0 Å². The summed E-state index contributed by atoms with van der Waals surface area (Å²) in [5.74, 6) is -0.144. The third-order valence-electron chi connectivity index (χ3n) is 2.52. The van der Waals surface area contributed by atoms with E-state index in [2.05, 4.69) is 10.6 Å². The zero-order valence-electron chi connectivity index (χ0n) is 11.6. The highest BCUT2D eigenvalue weighted by Gasteiger charge is 2.15. The lowest BCUT2D eigenvalue weighted by atomic mass is 10.3. The van der Waals surface area contributed by atoms with Gasteiger partial charge in [0.05, 0.1) is 5.02 Å². The number of hydrogen-bond acceptors (Lipinski definition) is 3. The van der Waals surface area contributed by atoms with Crippen molar-refractivity contribution in [2.75, 3.05) is 13.2 Å². The third kappa shape index (κ3) is 5.48. The van der Waals surface area contributed by atoms with Gasteiger partial charge in [-0.25, -0.2) is 0 Å². The van der Waals surface area contributed by atoms with Crippen LogP contribution >= 0.6 is 11.6 Å². The minimum absolute atomic E-state index is 0.185. The van der Waals surface area contributed by atoms with E-state index in [4.69, 9.17) is 16.3 Å². The van der Waals surface area contributed by atoms with Crippen LogP contribution in [0.25, 0.3) is 0 Å². The van der Waals surface area contributed by atoms with Gasteiger partial charge < -0.3 is 15.4 Å². The Hall–Kier alpha value is -1.75. The minimum atomic E-state index is -0.594. The number of benzene rings is 1. The molecule has 0 fully saturated rings. The molecule has 0 aliphatic heterocycles. The van der Waals surface area contributed by atoms with Gasteiger partial charge in [0, 0.05) is 6.54 Å². The molecular formula is C14H19ClN2O3. The molecular weight excluding hydrogens is 280 g/mol. The smallest absolute Gasteiger partial charge is 0.258 e. The molecule has 5 nitrogen and oxygen atoms in total. The Balaban J connectivity index is 2.37. The fourth-order valence-corrected chi connectivity index (χ4v) is 1.65. The van der Waals surface area contributed by atoms with E-state index in [1.165, 1.54) is 0 Å². The van der Waals surface area contributed by atoms with Crippen molar-refractivity contribution in [3.05, 3.63) is 29.3 Å². The average molecular weight is 299 g/mol. The van der Waals surface area contributed by atoms with Crippen LogP contribution < -0.4 is 15.4 Å². The Morgan fingerprint density at radius 1 is 1.35 bits per heavy atom. The molecule has 2 N–H and O–H groups in total. The van der Waals surface area contributed by atoms with Crippen molar-refractivity contribution in [2.24, 2.45) is 0 Å². The molecule has 6 heteroatoms. The van der Waals surface area contributed by atoms with Crippen molar-refractivity contribution in [1.82, 2.24) is 10.6 Å². The van der Waals surface area contributed by atoms with E-state index >= 15 is 0 Å². The molecule has 0 unspecified atom stereocenters. The maximum absolute atomic E-state index is 11.7. The standard InChI is InChI=1S/C14H19ClN2O3/c1-3-8-16-14(19)10(2)17-13(18)9-20-12-7-5-4-6-11(12)15/h4-7,10H,3,8-9H2,1-2H3,(H,16,19)(H,17,18)/t10-/m1/s1. The molecule has 0 bridgehead atoms. The van der Waals surface area contributed by atoms with E-state index in [0.717, 1.165) is 6.42 Å². The Kier molecular flexibility index (Phi) is 6.87. The number of amides is 2. The molecule has 20 heavy (non-hydrogen) atoms. The third-order valence-corrected chi connectivity index (χ3v) is 2.83. The molecule has 0 aliphatic rings. The highest BCUT2D eigenvalue weighted by Crippen LogP contribution is 2.22. The second-order valence-corrected chi connectivity index (χ2v) is 4.71. The summed E-state index contributed by atoms with van der Waals surface area (Å²) in [6.07, 6.45) is 0.849. The number of ether oxygens (including phenoxy) is 1. The number of carbonyl (C=O) groups excluding carboxylic acids is 2. The van der Waals surface area contributed by atoms with E-state index in [1.807, 2.05) is 6.92 Å². The van der Waals surface area contributed by atoms with Gasteiger partial charge in [-0.15, -0.1) is 0 Å². The van der Waals surface area contributed by atoms with Crippen LogP contribution in [-0.4, -0.2) is 31.0 Å². The van der Waals surface area contributed by atoms with Crippen molar-refractivity contribution < 1.29 is 14.3 Å². The summed E-state index contributed by atoms with van der Waals surface area (Å²) in [6, 6.07) is 6.29. The first-order valence-electron chi connectivity index (χ1n) is 6.49. The fraction of sp³-hybridized carbons (Fsp3) is 0.429. The van der Waals surface area contributed by atoms with Crippen LogP contribution in [0.3, 0.4) is 0 Å². The predicted molar refractivity (Wildman–Crippen MR) is 77.9 cm³/mol. The summed E-state index contributed by atoms with van der Waals surface area (Å²) in [5.41, 5.74) is 0. The van der Waals surface area contributed by atoms with Gasteiger partial charge in [0.25, 0.3) is 5.91 Å². The van der Waals surface area contributed by atoms with Gasteiger partial charge in [-0.05, 0) is 25.5 Å². The molecule has 2 amide bonds. The number of halogens is 1. The summed E-state index contributed by atoms with van der Waals surface area (Å²) >= 11 is 5.90. The average Bonchev–Trinajstić information content (AvgIpc) is 2.43. The first kappa shape index (κ1) is 16.3. The number of hydrogen-bond donors (Lipinski definition) is 2. The van der Waals surface area contributed by atoms with Crippen LogP contribution in [0, 0.1) is 0 Å². The molecule has 1 aromatic carbocycles. The van der Waals surface area contributed by atoms with E-state index in [-0.39, 0.29) is 18.4 Å². The fourth-order valence-electron chi connectivity index (χ4n) is 1.46. The van der Waals surface area contributed by atoms with Gasteiger partial charge in [-0.1, -0.05) is 30.7 Å². The zero-order valence-corrected chi connectivity index (χ0v) is 12.4. The summed E-state index contributed by atoms with van der Waals surface area (Å²) < 4.78 is 5.28. The van der Waals surface area contributed by atoms with Crippen molar-refractivity contribution in [3.63, 3.8) is 0 Å². The lowest BCUT2D eigenvalue weighted by Crippen LogP contribution is -2.46. The van der Waals surface area contributed by atoms with Gasteiger partial charge in [0.15, 0.2) is 6.61 Å². The SMILES string of the molecule is CCCNC(=O)[C@@H](C)NC(=O)COc1ccccc1Cl. The second kappa shape index (κ2) is 8.43. The lowest BCUT2D eigenvalue weighted by molar-refractivity contribution is -0.129. The van der Waals surface area contributed by atoms with Gasteiger partial charge >= 0.3 is 0 Å². The number of carbonyl (C=O) groups is 2. The molecule has 1 rings (SSSR count). The van der Waals surface area contributed by atoms with Crippen LogP contribution in [0.15, 0.2) is 24.3 Å². The monoisotopic (exact) mass is 298 g/mol. The molecule has 1 aromatic rings. The quantitative estimate of drug-likeness (QED) is 0.806. The minimum Gasteiger partial charge on any atom is -0.482 e. The van der Waals surface area contributed by atoms with Crippen molar-refractivity contribution >= 4 is 23.4 Å². The molecule has 0 radical (unpaired) electrons. The van der Waals surface area contributed by atoms with Crippen LogP contribution in [0.4, 0.5) is 0 Å². The molecule has 0 aliphatic carbocycles. The zero-order chi connectivity index (χ0) is 15.0. The summed E-state index contributed by atoms with van der Waals surface area (Å²) in [7, 11) is 0. The first-order valence-corrected chi connectivity index (χ1v) is 6.86. The Bertz CT molecular complexity index is 465. The first-order chi connectivity index (χ1) is 9.54. The lowest BCUT2D eigenvalue weighted by Gasteiger charge is -2.14. The summed E-state index contributed by atoms with van der Waals surface area (Å²) in [4.78, 5) is 23.2. The topological polar surface area (TPSA) is 67.4 Å². The van der Waals surface area contributed by atoms with Crippen LogP contribution in [0.2, 0.25) is 5.02 Å². The van der Waals surface area contributed by atoms with E-state index in [9.17, 15) is 9.59 Å². The number of nitrogens with one attached hydrogen (secondary N) is 2. The Morgan fingerprint density at radius 2 is 2.05 bits per heavy atom.